The van der Waals surface area contributed by atoms with Gasteiger partial charge in [-0.3, -0.25) is 10.1 Å². The van der Waals surface area contributed by atoms with Gasteiger partial charge in [0.25, 0.3) is 5.91 Å². The number of likely N-dealkylation sites (N-methyl/N-ethyl adjacent to an activating group) is 1. The molecule has 1 N–H and O–H groups in total. The third kappa shape index (κ3) is 4.64. The summed E-state index contributed by atoms with van der Waals surface area (Å²) >= 11 is 1.42. The molecule has 7 nitrogen and oxygen atoms in total. The third-order valence-corrected chi connectivity index (χ3v) is 8.31. The number of aromatic nitrogens is 1. The van der Waals surface area contributed by atoms with E-state index < -0.39 is 10.0 Å². The lowest BCUT2D eigenvalue weighted by Crippen LogP contribution is -2.34. The molecule has 31 heavy (non-hydrogen) atoms. The van der Waals surface area contributed by atoms with Crippen LogP contribution in [0.5, 0.6) is 0 Å². The number of nitrogens with one attached hydrogen (secondary N) is 1. The van der Waals surface area contributed by atoms with Crippen LogP contribution in [0.2, 0.25) is 0 Å². The molecule has 0 spiro atoms. The Balaban J connectivity index is 1.47. The van der Waals surface area contributed by atoms with Gasteiger partial charge in [0.05, 0.1) is 21.2 Å². The first-order chi connectivity index (χ1) is 14.7. The van der Waals surface area contributed by atoms with E-state index in [1.807, 2.05) is 19.9 Å². The molecule has 1 fully saturated rings. The second-order valence-corrected chi connectivity index (χ2v) is 10.9. The van der Waals surface area contributed by atoms with E-state index in [-0.39, 0.29) is 16.9 Å². The van der Waals surface area contributed by atoms with Crippen LogP contribution in [0.1, 0.15) is 34.3 Å². The summed E-state index contributed by atoms with van der Waals surface area (Å²) in [5.74, 6) is -0.329. The lowest BCUT2D eigenvalue weighted by molar-refractivity contribution is 0.0979. The summed E-state index contributed by atoms with van der Waals surface area (Å²) in [6.45, 7) is 5.03. The Kier molecular flexibility index (Phi) is 6.11. The SMILES string of the molecule is Cc1cc(C)c2sc(NC(=O)c3ccc(S(=O)(=O)N(C)C[C@H]4CCCO4)cc3)nc2c1. The molecule has 1 aliphatic heterocycles. The van der Waals surface area contributed by atoms with Gasteiger partial charge in [-0.25, -0.2) is 13.4 Å². The Morgan fingerprint density at radius 1 is 1.26 bits per heavy atom. The molecular formula is C22H25N3O4S2. The van der Waals surface area contributed by atoms with Crippen molar-refractivity contribution < 1.29 is 17.9 Å². The lowest BCUT2D eigenvalue weighted by atomic mass is 10.1. The van der Waals surface area contributed by atoms with Crippen molar-refractivity contribution in [2.24, 2.45) is 0 Å². The summed E-state index contributed by atoms with van der Waals surface area (Å²) in [7, 11) is -2.09. The van der Waals surface area contributed by atoms with E-state index in [9.17, 15) is 13.2 Å². The summed E-state index contributed by atoms with van der Waals surface area (Å²) in [5, 5.41) is 3.33. The molecule has 2 aromatic carbocycles. The number of rotatable bonds is 6. The first-order valence-electron chi connectivity index (χ1n) is 10.1. The van der Waals surface area contributed by atoms with Crippen molar-refractivity contribution in [3.8, 4) is 0 Å². The minimum absolute atomic E-state index is 0.0638. The number of hydrogen-bond donors (Lipinski definition) is 1. The van der Waals surface area contributed by atoms with Gasteiger partial charge in [0.2, 0.25) is 10.0 Å². The monoisotopic (exact) mass is 459 g/mol. The number of carbonyl (C=O) groups is 1. The summed E-state index contributed by atoms with van der Waals surface area (Å²) in [6, 6.07) is 10.0. The molecule has 3 aromatic rings. The number of fused-ring (bicyclic) bond motifs is 1. The Bertz CT molecular complexity index is 1210. The molecule has 1 amide bonds. The number of anilines is 1. The number of carbonyl (C=O) groups excluding carboxylic acids is 1. The maximum absolute atomic E-state index is 12.8. The van der Waals surface area contributed by atoms with Crippen LogP contribution >= 0.6 is 11.3 Å². The molecule has 1 saturated heterocycles. The highest BCUT2D eigenvalue weighted by molar-refractivity contribution is 7.89. The van der Waals surface area contributed by atoms with Crippen LogP contribution in [-0.2, 0) is 14.8 Å². The highest BCUT2D eigenvalue weighted by Crippen LogP contribution is 2.30. The number of thiazole rings is 1. The van der Waals surface area contributed by atoms with E-state index in [1.54, 1.807) is 7.05 Å². The van der Waals surface area contributed by atoms with Gasteiger partial charge in [-0.2, -0.15) is 4.31 Å². The van der Waals surface area contributed by atoms with Crippen LogP contribution in [0, 0.1) is 13.8 Å². The topological polar surface area (TPSA) is 88.6 Å². The van der Waals surface area contributed by atoms with E-state index in [1.165, 1.54) is 39.9 Å². The van der Waals surface area contributed by atoms with E-state index >= 15 is 0 Å². The lowest BCUT2D eigenvalue weighted by Gasteiger charge is -2.20. The molecule has 0 unspecified atom stereocenters. The zero-order valence-corrected chi connectivity index (χ0v) is 19.3. The average molecular weight is 460 g/mol. The summed E-state index contributed by atoms with van der Waals surface area (Å²) in [4.78, 5) is 17.3. The molecule has 2 heterocycles. The maximum atomic E-state index is 12.8. The molecule has 4 rings (SSSR count). The second-order valence-electron chi connectivity index (χ2n) is 7.85. The fraction of sp³-hybridized carbons (Fsp3) is 0.364. The average Bonchev–Trinajstić information content (AvgIpc) is 3.37. The van der Waals surface area contributed by atoms with Gasteiger partial charge in [-0.15, -0.1) is 0 Å². The van der Waals surface area contributed by atoms with Gasteiger partial charge in [0.1, 0.15) is 0 Å². The number of amides is 1. The quantitative estimate of drug-likeness (QED) is 0.603. The molecule has 1 atom stereocenters. The Labute approximate surface area is 186 Å². The Morgan fingerprint density at radius 2 is 2.00 bits per heavy atom. The molecule has 1 aromatic heterocycles. The Hall–Kier alpha value is -2.33. The van der Waals surface area contributed by atoms with Crippen molar-refractivity contribution in [2.45, 2.75) is 37.7 Å². The highest BCUT2D eigenvalue weighted by Gasteiger charge is 2.26. The predicted octanol–water partition coefficient (Wildman–Crippen LogP) is 3.96. The number of hydrogen-bond acceptors (Lipinski definition) is 6. The van der Waals surface area contributed by atoms with Crippen LogP contribution in [0.4, 0.5) is 5.13 Å². The number of ether oxygens (including phenoxy) is 1. The second kappa shape index (κ2) is 8.66. The fourth-order valence-corrected chi connectivity index (χ4v) is 5.84. The normalized spacial score (nSPS) is 16.8. The van der Waals surface area contributed by atoms with Crippen molar-refractivity contribution in [1.29, 1.82) is 0 Å². The standard InChI is InChI=1S/C22H25N3O4S2/c1-14-11-15(2)20-19(12-14)23-22(30-20)24-21(26)16-6-8-18(9-7-16)31(27,28)25(3)13-17-5-4-10-29-17/h6-9,11-12,17H,4-5,10,13H2,1-3H3,(H,23,24,26)/t17-/m1/s1. The fourth-order valence-electron chi connectivity index (χ4n) is 3.73. The molecule has 0 saturated carbocycles. The van der Waals surface area contributed by atoms with Crippen LogP contribution in [-0.4, -0.2) is 49.9 Å². The predicted molar refractivity (Wildman–Crippen MR) is 122 cm³/mol. The van der Waals surface area contributed by atoms with Gasteiger partial charge in [-0.1, -0.05) is 17.4 Å². The number of aryl methyl sites for hydroxylation is 2. The molecule has 164 valence electrons. The summed E-state index contributed by atoms with van der Waals surface area (Å²) in [6.07, 6.45) is 1.76. The number of sulfonamides is 1. The smallest absolute Gasteiger partial charge is 0.257 e. The number of nitrogens with zero attached hydrogens (tertiary/aromatic N) is 2. The van der Waals surface area contributed by atoms with Gasteiger partial charge in [-0.05, 0) is 68.1 Å². The molecule has 1 aliphatic rings. The van der Waals surface area contributed by atoms with Crippen LogP contribution in [0.3, 0.4) is 0 Å². The molecule has 0 radical (unpaired) electrons. The molecule has 0 aliphatic carbocycles. The van der Waals surface area contributed by atoms with E-state index in [0.717, 1.165) is 34.2 Å². The van der Waals surface area contributed by atoms with Crippen LogP contribution in [0.15, 0.2) is 41.3 Å². The first kappa shape index (κ1) is 21.9. The van der Waals surface area contributed by atoms with E-state index in [2.05, 4.69) is 16.4 Å². The van der Waals surface area contributed by atoms with Gasteiger partial charge < -0.3 is 4.74 Å². The van der Waals surface area contributed by atoms with E-state index in [4.69, 9.17) is 4.74 Å². The van der Waals surface area contributed by atoms with Crippen LogP contribution < -0.4 is 5.32 Å². The Morgan fingerprint density at radius 3 is 2.68 bits per heavy atom. The molecular weight excluding hydrogens is 434 g/mol. The van der Waals surface area contributed by atoms with Crippen molar-refractivity contribution in [2.75, 3.05) is 25.5 Å². The third-order valence-electron chi connectivity index (χ3n) is 5.35. The zero-order chi connectivity index (χ0) is 22.2. The van der Waals surface area contributed by atoms with Gasteiger partial charge in [0, 0.05) is 25.8 Å². The first-order valence-corrected chi connectivity index (χ1v) is 12.4. The van der Waals surface area contributed by atoms with Crippen molar-refractivity contribution in [3.63, 3.8) is 0 Å². The number of benzene rings is 2. The maximum Gasteiger partial charge on any atom is 0.257 e. The zero-order valence-electron chi connectivity index (χ0n) is 17.7. The van der Waals surface area contributed by atoms with Gasteiger partial charge in [0.15, 0.2) is 5.13 Å². The van der Waals surface area contributed by atoms with Crippen molar-refractivity contribution in [3.05, 3.63) is 53.1 Å². The van der Waals surface area contributed by atoms with Crippen LogP contribution in [0.25, 0.3) is 10.2 Å². The minimum atomic E-state index is -3.64. The van der Waals surface area contributed by atoms with Gasteiger partial charge >= 0.3 is 0 Å². The van der Waals surface area contributed by atoms with E-state index in [0.29, 0.717) is 23.8 Å². The van der Waals surface area contributed by atoms with Crippen molar-refractivity contribution >= 4 is 42.6 Å². The summed E-state index contributed by atoms with van der Waals surface area (Å²) in [5.41, 5.74) is 3.46. The molecule has 0 bridgehead atoms. The van der Waals surface area contributed by atoms with Crippen molar-refractivity contribution in [1.82, 2.24) is 9.29 Å². The summed E-state index contributed by atoms with van der Waals surface area (Å²) < 4.78 is 33.5. The minimum Gasteiger partial charge on any atom is -0.377 e. The molecule has 9 heteroatoms. The largest absolute Gasteiger partial charge is 0.377 e. The highest BCUT2D eigenvalue weighted by atomic mass is 32.2.